The monoisotopic (exact) mass is 360 g/mol. The van der Waals surface area contributed by atoms with Crippen molar-refractivity contribution in [2.24, 2.45) is 0 Å². The number of pyridine rings is 1. The molecule has 2 rings (SSSR count). The van der Waals surface area contributed by atoms with Gasteiger partial charge < -0.3 is 14.0 Å². The molecule has 0 saturated heterocycles. The van der Waals surface area contributed by atoms with Crippen molar-refractivity contribution >= 4 is 22.6 Å². The molecular weight excluding hydrogens is 340 g/mol. The van der Waals surface area contributed by atoms with Crippen molar-refractivity contribution < 1.29 is 19.2 Å². The first-order chi connectivity index (χ1) is 12.3. The lowest BCUT2D eigenvalue weighted by Crippen LogP contribution is -2.24. The van der Waals surface area contributed by atoms with Crippen LogP contribution in [0.4, 0.5) is 5.69 Å². The number of benzene rings is 1. The highest BCUT2D eigenvalue weighted by Crippen LogP contribution is 2.36. The third kappa shape index (κ3) is 3.58. The Kier molecular flexibility index (Phi) is 5.76. The number of hydrogen-bond acceptors (Lipinski definition) is 6. The topological polar surface area (TPSA) is 101 Å². The van der Waals surface area contributed by atoms with Crippen molar-refractivity contribution in [2.75, 3.05) is 0 Å². The summed E-state index contributed by atoms with van der Waals surface area (Å²) in [6, 6.07) is 4.12. The minimum atomic E-state index is -0.658. The van der Waals surface area contributed by atoms with Gasteiger partial charge in [0.05, 0.1) is 16.2 Å². The smallest absolute Gasteiger partial charge is 0.308 e. The van der Waals surface area contributed by atoms with E-state index in [1.54, 1.807) is 19.9 Å². The van der Waals surface area contributed by atoms with Gasteiger partial charge in [-0.2, -0.15) is 0 Å². The van der Waals surface area contributed by atoms with Gasteiger partial charge in [0.2, 0.25) is 5.75 Å². The standard InChI is InChI=1S/C18H20N2O6/c1-5-13(6-2)26-16-14-9-8-12(20(23)24)10-15(14)19(7-3)18(22)17(16)25-11(4)21/h5,8-10H,6-7H2,1-4H3. The Morgan fingerprint density at radius 3 is 2.46 bits per heavy atom. The summed E-state index contributed by atoms with van der Waals surface area (Å²) < 4.78 is 12.3. The number of carbonyl (C=O) groups excluding carboxylic acids is 1. The van der Waals surface area contributed by atoms with E-state index in [4.69, 9.17) is 9.47 Å². The molecule has 0 amide bonds. The van der Waals surface area contributed by atoms with Crippen molar-refractivity contribution in [3.8, 4) is 11.5 Å². The highest BCUT2D eigenvalue weighted by Gasteiger charge is 2.23. The van der Waals surface area contributed by atoms with E-state index in [9.17, 15) is 19.7 Å². The number of nitro benzene ring substituents is 1. The second kappa shape index (κ2) is 7.81. The largest absolute Gasteiger partial charge is 0.457 e. The van der Waals surface area contributed by atoms with Crippen molar-refractivity contribution in [2.45, 2.75) is 40.7 Å². The molecule has 1 aromatic heterocycles. The fraction of sp³-hybridized carbons (Fsp3) is 0.333. The van der Waals surface area contributed by atoms with Crippen LogP contribution in [0.25, 0.3) is 10.9 Å². The number of nitro groups is 1. The lowest BCUT2D eigenvalue weighted by molar-refractivity contribution is -0.384. The SMILES string of the molecule is CC=C(CC)Oc1c(OC(C)=O)c(=O)n(CC)c2cc([N+](=O)[O-])ccc12. The zero-order chi connectivity index (χ0) is 19.4. The molecule has 0 aliphatic carbocycles. The highest BCUT2D eigenvalue weighted by molar-refractivity contribution is 5.90. The summed E-state index contributed by atoms with van der Waals surface area (Å²) in [6.07, 6.45) is 2.29. The van der Waals surface area contributed by atoms with Gasteiger partial charge >= 0.3 is 5.97 Å². The number of allylic oxidation sites excluding steroid dienone is 2. The van der Waals surface area contributed by atoms with E-state index >= 15 is 0 Å². The molecule has 2 aromatic rings. The Morgan fingerprint density at radius 1 is 1.27 bits per heavy atom. The van der Waals surface area contributed by atoms with E-state index in [2.05, 4.69) is 0 Å². The number of rotatable bonds is 6. The number of nitrogens with zero attached hydrogens (tertiary/aromatic N) is 2. The third-order valence-corrected chi connectivity index (χ3v) is 3.84. The molecule has 0 saturated carbocycles. The van der Waals surface area contributed by atoms with Gasteiger partial charge in [0.15, 0.2) is 5.75 Å². The lowest BCUT2D eigenvalue weighted by Gasteiger charge is -2.17. The second-order valence-corrected chi connectivity index (χ2v) is 5.47. The first kappa shape index (κ1) is 19.2. The summed E-state index contributed by atoms with van der Waals surface area (Å²) >= 11 is 0. The predicted octanol–water partition coefficient (Wildman–Crippen LogP) is 3.55. The highest BCUT2D eigenvalue weighted by atomic mass is 16.6. The van der Waals surface area contributed by atoms with Gasteiger partial charge in [-0.3, -0.25) is 19.7 Å². The van der Waals surface area contributed by atoms with Gasteiger partial charge in [0.25, 0.3) is 11.2 Å². The number of carbonyl (C=O) groups is 1. The zero-order valence-electron chi connectivity index (χ0n) is 15.1. The van der Waals surface area contributed by atoms with Crippen LogP contribution >= 0.6 is 0 Å². The van der Waals surface area contributed by atoms with Crippen molar-refractivity contribution in [3.63, 3.8) is 0 Å². The molecule has 1 heterocycles. The maximum atomic E-state index is 12.8. The molecule has 8 nitrogen and oxygen atoms in total. The van der Waals surface area contributed by atoms with Crippen LogP contribution in [0, 0.1) is 10.1 Å². The maximum absolute atomic E-state index is 12.8. The van der Waals surface area contributed by atoms with Crippen molar-refractivity contribution in [3.05, 3.63) is 50.5 Å². The molecular formula is C18H20N2O6. The van der Waals surface area contributed by atoms with Crippen molar-refractivity contribution in [1.82, 2.24) is 4.57 Å². The average molecular weight is 360 g/mol. The molecule has 0 N–H and O–H groups in total. The van der Waals surface area contributed by atoms with Crippen LogP contribution in [0.1, 0.15) is 34.1 Å². The second-order valence-electron chi connectivity index (χ2n) is 5.47. The Balaban J connectivity index is 2.92. The van der Waals surface area contributed by atoms with Gasteiger partial charge in [-0.25, -0.2) is 0 Å². The molecule has 1 aromatic carbocycles. The Hall–Kier alpha value is -3.16. The summed E-state index contributed by atoms with van der Waals surface area (Å²) in [6.45, 7) is 6.82. The molecule has 0 aliphatic rings. The van der Waals surface area contributed by atoms with E-state index in [1.807, 2.05) is 6.92 Å². The van der Waals surface area contributed by atoms with Crippen LogP contribution in [0.2, 0.25) is 0 Å². The van der Waals surface area contributed by atoms with E-state index < -0.39 is 16.5 Å². The molecule has 0 fully saturated rings. The normalized spacial score (nSPS) is 11.5. The fourth-order valence-electron chi connectivity index (χ4n) is 2.62. The number of fused-ring (bicyclic) bond motifs is 1. The quantitative estimate of drug-likeness (QED) is 0.338. The molecule has 0 unspecified atom stereocenters. The van der Waals surface area contributed by atoms with E-state index in [0.29, 0.717) is 23.1 Å². The van der Waals surface area contributed by atoms with E-state index in [0.717, 1.165) is 0 Å². The Morgan fingerprint density at radius 2 is 1.96 bits per heavy atom. The fourth-order valence-corrected chi connectivity index (χ4v) is 2.62. The minimum absolute atomic E-state index is 0.0785. The summed E-state index contributed by atoms with van der Waals surface area (Å²) in [5.74, 6) is -0.232. The molecule has 0 radical (unpaired) electrons. The van der Waals surface area contributed by atoms with Gasteiger partial charge in [0.1, 0.15) is 0 Å². The van der Waals surface area contributed by atoms with Crippen molar-refractivity contribution in [1.29, 1.82) is 0 Å². The number of aryl methyl sites for hydroxylation is 1. The van der Waals surface area contributed by atoms with Crippen LogP contribution in [0.3, 0.4) is 0 Å². The lowest BCUT2D eigenvalue weighted by atomic mass is 10.1. The van der Waals surface area contributed by atoms with Crippen LogP contribution in [0.5, 0.6) is 11.5 Å². The number of aromatic nitrogens is 1. The van der Waals surface area contributed by atoms with Crippen LogP contribution in [-0.2, 0) is 11.3 Å². The first-order valence-electron chi connectivity index (χ1n) is 8.20. The summed E-state index contributed by atoms with van der Waals surface area (Å²) in [5, 5.41) is 11.6. The molecule has 0 atom stereocenters. The average Bonchev–Trinajstić information content (AvgIpc) is 2.61. The van der Waals surface area contributed by atoms with Crippen LogP contribution in [0.15, 0.2) is 34.8 Å². The van der Waals surface area contributed by atoms with Gasteiger partial charge in [-0.1, -0.05) is 6.92 Å². The molecule has 138 valence electrons. The third-order valence-electron chi connectivity index (χ3n) is 3.84. The van der Waals surface area contributed by atoms with Gasteiger partial charge in [0, 0.05) is 37.4 Å². The zero-order valence-corrected chi connectivity index (χ0v) is 15.1. The number of hydrogen-bond donors (Lipinski definition) is 0. The van der Waals surface area contributed by atoms with Gasteiger partial charge in [-0.15, -0.1) is 0 Å². The Bertz CT molecular complexity index is 958. The maximum Gasteiger partial charge on any atom is 0.308 e. The predicted molar refractivity (Wildman–Crippen MR) is 96.5 cm³/mol. The number of non-ortho nitro benzene ring substituents is 1. The summed E-state index contributed by atoms with van der Waals surface area (Å²) in [7, 11) is 0. The number of esters is 1. The first-order valence-corrected chi connectivity index (χ1v) is 8.20. The summed E-state index contributed by atoms with van der Waals surface area (Å²) in [5.41, 5.74) is -0.395. The van der Waals surface area contributed by atoms with Gasteiger partial charge in [-0.05, 0) is 26.0 Å². The van der Waals surface area contributed by atoms with E-state index in [-0.39, 0.29) is 23.7 Å². The van der Waals surface area contributed by atoms with E-state index in [1.165, 1.54) is 29.7 Å². The molecule has 0 aliphatic heterocycles. The van der Waals surface area contributed by atoms with Crippen LogP contribution < -0.4 is 15.0 Å². The summed E-state index contributed by atoms with van der Waals surface area (Å²) in [4.78, 5) is 34.9. The number of ether oxygens (including phenoxy) is 2. The molecule has 0 bridgehead atoms. The minimum Gasteiger partial charge on any atom is -0.457 e. The molecule has 8 heteroatoms. The molecule has 26 heavy (non-hydrogen) atoms. The van der Waals surface area contributed by atoms with Crippen LogP contribution in [-0.4, -0.2) is 15.5 Å². The molecule has 0 spiro atoms. The Labute approximate surface area is 149 Å².